The lowest BCUT2D eigenvalue weighted by Crippen LogP contribution is -2.37. The molecule has 2 aromatic heterocycles. The van der Waals surface area contributed by atoms with Crippen LogP contribution in [0.4, 0.5) is 5.82 Å². The fourth-order valence-corrected chi connectivity index (χ4v) is 8.74. The number of aromatic nitrogens is 4. The summed E-state index contributed by atoms with van der Waals surface area (Å²) in [5.74, 6) is 1.61. The number of rotatable bonds is 28. The molecule has 0 aromatic carbocycles. The highest BCUT2D eigenvalue weighted by atomic mass is 33.1. The molecule has 2 heterocycles. The van der Waals surface area contributed by atoms with E-state index >= 15 is 0 Å². The van der Waals surface area contributed by atoms with Crippen LogP contribution in [0, 0.1) is 5.92 Å². The van der Waals surface area contributed by atoms with Gasteiger partial charge in [0.2, 0.25) is 0 Å². The molecule has 0 aliphatic rings. The van der Waals surface area contributed by atoms with Crippen molar-refractivity contribution in [2.45, 2.75) is 155 Å². The summed E-state index contributed by atoms with van der Waals surface area (Å²) in [5.41, 5.74) is 6.96. The average molecular weight is 684 g/mol. The highest BCUT2D eigenvalue weighted by Crippen LogP contribution is 2.42. The number of nitrogen functional groups attached to an aromatic ring is 1. The van der Waals surface area contributed by atoms with Gasteiger partial charge in [-0.25, -0.2) is 24.1 Å². The van der Waals surface area contributed by atoms with E-state index < -0.39 is 19.1 Å². The predicted octanol–water partition coefficient (Wildman–Crippen LogP) is 9.94. The normalized spacial score (nSPS) is 14.4. The van der Waals surface area contributed by atoms with Crippen molar-refractivity contribution in [2.24, 2.45) is 5.92 Å². The van der Waals surface area contributed by atoms with Crippen molar-refractivity contribution < 1.29 is 18.7 Å². The summed E-state index contributed by atoms with van der Waals surface area (Å²) in [7, 11) is 0.431. The van der Waals surface area contributed by atoms with E-state index in [4.69, 9.17) is 10.5 Å². The molecule has 2 aromatic rings. The van der Waals surface area contributed by atoms with E-state index in [9.17, 15) is 13.9 Å². The monoisotopic (exact) mass is 683 g/mol. The number of hydrogen-bond acceptors (Lipinski definition) is 10. The topological polar surface area (TPSA) is 130 Å². The van der Waals surface area contributed by atoms with Gasteiger partial charge >= 0.3 is 7.68 Å². The first-order valence-corrected chi connectivity index (χ1v) is 20.9. The molecule has 0 saturated carbocycles. The van der Waals surface area contributed by atoms with E-state index in [1.54, 1.807) is 32.5 Å². The van der Waals surface area contributed by atoms with Crippen LogP contribution in [-0.2, 0) is 25.2 Å². The van der Waals surface area contributed by atoms with Gasteiger partial charge in [0.1, 0.15) is 17.6 Å². The van der Waals surface area contributed by atoms with Gasteiger partial charge in [0.05, 0.1) is 19.0 Å². The zero-order valence-electron chi connectivity index (χ0n) is 28.2. The quantitative estimate of drug-likeness (QED) is 0.0525. The largest absolute Gasteiger partial charge is 0.382 e. The molecule has 2 N–H and O–H groups in total. The van der Waals surface area contributed by atoms with Crippen LogP contribution in [0.5, 0.6) is 0 Å². The molecule has 3 unspecified atom stereocenters. The standard InChI is InChI=1S/C33H58N5O4PS2/c1-5-7-8-9-10-11-12-13-14-15-16-17-18-19-21-44-45-22-20-33(43(40)41,23-29(39)27(3)6-2)42-28(4)24-38-26-37-30-31(34)35-25-36-32(30)38/h25-28H,5-24H2,1-4H3,(H2,34,35,36). The first kappa shape index (κ1) is 39.8. The first-order valence-electron chi connectivity index (χ1n) is 17.2. The Morgan fingerprint density at radius 2 is 1.47 bits per heavy atom. The van der Waals surface area contributed by atoms with Crippen LogP contribution >= 0.6 is 29.3 Å². The number of imidazole rings is 1. The third-order valence-corrected chi connectivity index (χ3v) is 12.1. The molecule has 0 spiro atoms. The Morgan fingerprint density at radius 1 is 0.889 bits per heavy atom. The zero-order chi connectivity index (χ0) is 32.9. The SMILES string of the molecule is CCCCCCCCCCCCCCCCSSCCC(CC(=O)C(C)CC)(OC(C)Cn1cnc2c(N)ncnc21)P(=O)=O. The molecule has 0 radical (unpaired) electrons. The van der Waals surface area contributed by atoms with E-state index in [2.05, 4.69) is 21.9 Å². The van der Waals surface area contributed by atoms with Crippen LogP contribution in [0.1, 0.15) is 137 Å². The maximum atomic E-state index is 13.0. The number of ether oxygens (including phenoxy) is 1. The molecular weight excluding hydrogens is 626 g/mol. The third-order valence-electron chi connectivity index (χ3n) is 8.49. The highest BCUT2D eigenvalue weighted by molar-refractivity contribution is 8.76. The van der Waals surface area contributed by atoms with E-state index in [0.717, 1.165) is 5.75 Å². The number of carbonyl (C=O) groups is 1. The fourth-order valence-electron chi connectivity index (χ4n) is 5.46. The van der Waals surface area contributed by atoms with Gasteiger partial charge in [-0.1, -0.05) is 126 Å². The maximum absolute atomic E-state index is 13.0. The molecule has 9 nitrogen and oxygen atoms in total. The number of carbonyl (C=O) groups excluding carboxylic acids is 1. The van der Waals surface area contributed by atoms with Crippen LogP contribution in [0.3, 0.4) is 0 Å². The van der Waals surface area contributed by atoms with Gasteiger partial charge < -0.3 is 15.0 Å². The molecule has 12 heteroatoms. The second-order valence-electron chi connectivity index (χ2n) is 12.4. The van der Waals surface area contributed by atoms with Gasteiger partial charge in [0.25, 0.3) is 0 Å². The molecule has 2 rings (SSSR count). The van der Waals surface area contributed by atoms with Crippen LogP contribution in [0.15, 0.2) is 12.7 Å². The fraction of sp³-hybridized carbons (Fsp3) is 0.818. The first-order chi connectivity index (χ1) is 21.7. The van der Waals surface area contributed by atoms with Crippen LogP contribution < -0.4 is 5.73 Å². The van der Waals surface area contributed by atoms with E-state index in [1.807, 2.05) is 20.8 Å². The molecule has 0 bridgehead atoms. The molecule has 0 aliphatic heterocycles. The molecule has 0 amide bonds. The second kappa shape index (κ2) is 23.0. The molecule has 3 atom stereocenters. The van der Waals surface area contributed by atoms with Crippen molar-refractivity contribution in [3.05, 3.63) is 12.7 Å². The lowest BCUT2D eigenvalue weighted by atomic mass is 9.97. The van der Waals surface area contributed by atoms with Crippen molar-refractivity contribution in [3.63, 3.8) is 0 Å². The summed E-state index contributed by atoms with van der Waals surface area (Å²) < 4.78 is 33.6. The van der Waals surface area contributed by atoms with Crippen LogP contribution in [-0.4, -0.2) is 48.3 Å². The maximum Gasteiger partial charge on any atom is 0.348 e. The third kappa shape index (κ3) is 14.9. The lowest BCUT2D eigenvalue weighted by molar-refractivity contribution is -0.129. The summed E-state index contributed by atoms with van der Waals surface area (Å²) in [6.07, 6.45) is 22.1. The highest BCUT2D eigenvalue weighted by Gasteiger charge is 2.42. The Hall–Kier alpha value is -1.42. The zero-order valence-corrected chi connectivity index (χ0v) is 30.7. The smallest absolute Gasteiger partial charge is 0.348 e. The van der Waals surface area contributed by atoms with Crippen molar-refractivity contribution >= 4 is 52.0 Å². The van der Waals surface area contributed by atoms with Gasteiger partial charge in [-0.15, -0.1) is 0 Å². The van der Waals surface area contributed by atoms with Crippen molar-refractivity contribution in [3.8, 4) is 0 Å². The van der Waals surface area contributed by atoms with E-state index in [-0.39, 0.29) is 30.4 Å². The number of unbranched alkanes of at least 4 members (excludes halogenated alkanes) is 13. The van der Waals surface area contributed by atoms with Crippen molar-refractivity contribution in [1.29, 1.82) is 0 Å². The average Bonchev–Trinajstić information content (AvgIpc) is 3.43. The number of hydrogen-bond donors (Lipinski definition) is 1. The molecule has 0 aliphatic carbocycles. The number of nitrogens with zero attached hydrogens (tertiary/aromatic N) is 4. The number of anilines is 1. The van der Waals surface area contributed by atoms with E-state index in [0.29, 0.717) is 29.9 Å². The minimum atomic E-state index is -3.03. The molecule has 0 saturated heterocycles. The Kier molecular flexibility index (Phi) is 20.3. The van der Waals surface area contributed by atoms with Gasteiger partial charge in [-0.05, 0) is 19.8 Å². The number of fused-ring (bicyclic) bond motifs is 1. The van der Waals surface area contributed by atoms with Crippen molar-refractivity contribution in [1.82, 2.24) is 19.5 Å². The van der Waals surface area contributed by atoms with Crippen LogP contribution in [0.2, 0.25) is 0 Å². The van der Waals surface area contributed by atoms with Crippen molar-refractivity contribution in [2.75, 3.05) is 17.2 Å². The number of ketones is 1. The van der Waals surface area contributed by atoms with Gasteiger partial charge in [-0.2, -0.15) is 0 Å². The Labute approximate surface area is 280 Å². The summed E-state index contributed by atoms with van der Waals surface area (Å²) in [5, 5.41) is -1.55. The van der Waals surface area contributed by atoms with Crippen LogP contribution in [0.25, 0.3) is 11.2 Å². The number of nitrogens with two attached hydrogens (primary N) is 1. The van der Waals surface area contributed by atoms with Gasteiger partial charge in [0.15, 0.2) is 16.8 Å². The van der Waals surface area contributed by atoms with E-state index in [1.165, 1.54) is 96.2 Å². The van der Waals surface area contributed by atoms with Gasteiger partial charge in [0, 0.05) is 30.3 Å². The summed E-state index contributed by atoms with van der Waals surface area (Å²) >= 11 is 0. The summed E-state index contributed by atoms with van der Waals surface area (Å²) in [4.78, 5) is 25.5. The molecule has 0 fully saturated rings. The lowest BCUT2D eigenvalue weighted by Gasteiger charge is -2.30. The minimum Gasteiger partial charge on any atom is -0.382 e. The van der Waals surface area contributed by atoms with Gasteiger partial charge in [-0.3, -0.25) is 4.79 Å². The second-order valence-corrected chi connectivity index (χ2v) is 16.4. The Balaban J connectivity index is 1.74. The number of Topliss-reactive ketones (excluding diaryl/α,β-unsaturated/α-hetero) is 1. The summed E-state index contributed by atoms with van der Waals surface area (Å²) in [6.45, 7) is 8.18. The molecule has 45 heavy (non-hydrogen) atoms. The Morgan fingerprint density at radius 3 is 2.04 bits per heavy atom. The Bertz CT molecular complexity index is 1170. The minimum absolute atomic E-state index is 0.0856. The predicted molar refractivity (Wildman–Crippen MR) is 190 cm³/mol. The molecular formula is C33H58N5O4PS2. The molecule has 256 valence electrons. The summed E-state index contributed by atoms with van der Waals surface area (Å²) in [6, 6.07) is 0.